The van der Waals surface area contributed by atoms with Gasteiger partial charge in [-0.05, 0) is 6.07 Å². The van der Waals surface area contributed by atoms with Crippen LogP contribution in [0.1, 0.15) is 10.5 Å². The Kier molecular flexibility index (Phi) is 4.13. The summed E-state index contributed by atoms with van der Waals surface area (Å²) in [6.45, 7) is 1.00. The van der Waals surface area contributed by atoms with E-state index in [9.17, 15) is 13.2 Å². The molecule has 2 aromatic rings. The van der Waals surface area contributed by atoms with Crippen molar-refractivity contribution >= 4 is 27.5 Å². The molecule has 9 nitrogen and oxygen atoms in total. The second-order valence-electron chi connectivity index (χ2n) is 5.14. The van der Waals surface area contributed by atoms with Gasteiger partial charge in [0, 0.05) is 39.4 Å². The fourth-order valence-electron chi connectivity index (χ4n) is 2.47. The molecule has 1 aliphatic rings. The summed E-state index contributed by atoms with van der Waals surface area (Å²) in [5.41, 5.74) is 0.474. The van der Waals surface area contributed by atoms with Crippen molar-refractivity contribution in [2.45, 2.75) is 5.16 Å². The number of halogens is 1. The molecule has 3 rings (SSSR count). The predicted molar refractivity (Wildman–Crippen MR) is 81.5 cm³/mol. The molecule has 0 spiro atoms. The highest BCUT2D eigenvalue weighted by Gasteiger charge is 2.32. The van der Waals surface area contributed by atoms with Crippen LogP contribution >= 0.6 is 11.6 Å². The summed E-state index contributed by atoms with van der Waals surface area (Å²) in [6.07, 6.45) is 2.80. The van der Waals surface area contributed by atoms with Crippen LogP contribution in [0.25, 0.3) is 0 Å². The number of aromatic nitrogens is 4. The third-order valence-electron chi connectivity index (χ3n) is 3.69. The number of hydrogen-bond donors (Lipinski definition) is 1. The van der Waals surface area contributed by atoms with E-state index in [-0.39, 0.29) is 24.2 Å². The van der Waals surface area contributed by atoms with E-state index in [1.807, 2.05) is 0 Å². The second kappa shape index (κ2) is 5.95. The maximum atomic E-state index is 12.5. The summed E-state index contributed by atoms with van der Waals surface area (Å²) < 4.78 is 27.6. The summed E-state index contributed by atoms with van der Waals surface area (Å²) >= 11 is 5.89. The van der Waals surface area contributed by atoms with Crippen LogP contribution < -0.4 is 0 Å². The highest BCUT2D eigenvalue weighted by Crippen LogP contribution is 2.18. The first kappa shape index (κ1) is 16.0. The number of sulfonamides is 1. The summed E-state index contributed by atoms with van der Waals surface area (Å²) in [4.78, 5) is 17.8. The Morgan fingerprint density at radius 3 is 2.52 bits per heavy atom. The largest absolute Gasteiger partial charge is 0.345 e. The summed E-state index contributed by atoms with van der Waals surface area (Å²) in [6, 6.07) is 1.60. The lowest BCUT2D eigenvalue weighted by atomic mass is 10.3. The van der Waals surface area contributed by atoms with Gasteiger partial charge >= 0.3 is 0 Å². The first-order valence-corrected chi connectivity index (χ1v) is 8.68. The Bertz CT molecular complexity index is 808. The Morgan fingerprint density at radius 1 is 1.30 bits per heavy atom. The van der Waals surface area contributed by atoms with Gasteiger partial charge in [0.25, 0.3) is 21.1 Å². The number of nitrogens with zero attached hydrogens (tertiary/aromatic N) is 5. The number of aryl methyl sites for hydroxylation is 1. The molecule has 1 N–H and O–H groups in total. The molecule has 0 bridgehead atoms. The molecule has 0 unspecified atom stereocenters. The lowest BCUT2D eigenvalue weighted by molar-refractivity contribution is 0.0688. The van der Waals surface area contributed by atoms with Crippen molar-refractivity contribution < 1.29 is 13.2 Å². The van der Waals surface area contributed by atoms with Gasteiger partial charge in [0.05, 0.1) is 5.02 Å². The van der Waals surface area contributed by atoms with E-state index in [1.165, 1.54) is 4.31 Å². The normalized spacial score (nSPS) is 16.7. The lowest BCUT2D eigenvalue weighted by Crippen LogP contribution is -2.50. The molecule has 0 aromatic carbocycles. The monoisotopic (exact) mass is 358 g/mol. The molecule has 0 aliphatic carbocycles. The minimum atomic E-state index is -3.70. The van der Waals surface area contributed by atoms with Gasteiger partial charge < -0.3 is 9.47 Å². The topological polar surface area (TPSA) is 104 Å². The average Bonchev–Trinajstić information content (AvgIpc) is 3.17. The van der Waals surface area contributed by atoms with Gasteiger partial charge in [0.15, 0.2) is 0 Å². The summed E-state index contributed by atoms with van der Waals surface area (Å²) in [5.74, 6) is -0.170. The SMILES string of the molecule is Cn1cc(Cl)cc1C(=O)N1CCN(S(=O)(=O)c2ncn[nH]2)CC1. The van der Waals surface area contributed by atoms with Crippen LogP contribution in [0, 0.1) is 0 Å². The molecule has 1 amide bonds. The molecule has 124 valence electrons. The number of carbonyl (C=O) groups is 1. The summed E-state index contributed by atoms with van der Waals surface area (Å²) in [5, 5.41) is 6.21. The van der Waals surface area contributed by atoms with E-state index in [4.69, 9.17) is 11.6 Å². The standard InChI is InChI=1S/C12H15ClN6O3S/c1-17-7-9(13)6-10(17)11(20)18-2-4-19(5-3-18)23(21,22)12-14-8-15-16-12/h6-8H,2-5H2,1H3,(H,14,15,16). The molecule has 0 saturated carbocycles. The number of hydrogen-bond acceptors (Lipinski definition) is 5. The van der Waals surface area contributed by atoms with Crippen molar-refractivity contribution in [3.8, 4) is 0 Å². The first-order chi connectivity index (χ1) is 10.9. The molecule has 23 heavy (non-hydrogen) atoms. The van der Waals surface area contributed by atoms with E-state index in [0.29, 0.717) is 23.8 Å². The Morgan fingerprint density at radius 2 is 2.00 bits per heavy atom. The average molecular weight is 359 g/mol. The highest BCUT2D eigenvalue weighted by atomic mass is 35.5. The molecular formula is C12H15ClN6O3S. The minimum absolute atomic E-state index is 0.170. The first-order valence-electron chi connectivity index (χ1n) is 6.86. The molecule has 11 heteroatoms. The van der Waals surface area contributed by atoms with Crippen LogP contribution in [0.4, 0.5) is 0 Å². The van der Waals surface area contributed by atoms with Gasteiger partial charge in [0.2, 0.25) is 0 Å². The van der Waals surface area contributed by atoms with Crippen molar-refractivity contribution in [2.24, 2.45) is 7.05 Å². The van der Waals surface area contributed by atoms with E-state index >= 15 is 0 Å². The minimum Gasteiger partial charge on any atom is -0.345 e. The predicted octanol–water partition coefficient (Wildman–Crippen LogP) is -0.0567. The third-order valence-corrected chi connectivity index (χ3v) is 5.63. The van der Waals surface area contributed by atoms with Crippen LogP contribution in [0.2, 0.25) is 5.02 Å². The zero-order chi connectivity index (χ0) is 16.6. The molecule has 0 radical (unpaired) electrons. The molecule has 1 aliphatic heterocycles. The van der Waals surface area contributed by atoms with E-state index in [0.717, 1.165) is 6.33 Å². The van der Waals surface area contributed by atoms with E-state index < -0.39 is 10.0 Å². The van der Waals surface area contributed by atoms with Gasteiger partial charge in [0.1, 0.15) is 12.0 Å². The van der Waals surface area contributed by atoms with Crippen molar-refractivity contribution in [1.82, 2.24) is 29.0 Å². The van der Waals surface area contributed by atoms with E-state index in [2.05, 4.69) is 15.2 Å². The smallest absolute Gasteiger partial charge is 0.278 e. The number of piperazine rings is 1. The molecule has 1 saturated heterocycles. The van der Waals surface area contributed by atoms with E-state index in [1.54, 1.807) is 28.8 Å². The third kappa shape index (κ3) is 2.96. The van der Waals surface area contributed by atoms with Crippen molar-refractivity contribution in [2.75, 3.05) is 26.2 Å². The number of H-pyrrole nitrogens is 1. The number of aromatic amines is 1. The lowest BCUT2D eigenvalue weighted by Gasteiger charge is -2.33. The molecule has 2 aromatic heterocycles. The van der Waals surface area contributed by atoms with Crippen LogP contribution in [0.3, 0.4) is 0 Å². The quantitative estimate of drug-likeness (QED) is 0.828. The molecule has 1 fully saturated rings. The number of carbonyl (C=O) groups excluding carboxylic acids is 1. The van der Waals surface area contributed by atoms with Gasteiger partial charge in [-0.1, -0.05) is 11.6 Å². The van der Waals surface area contributed by atoms with Gasteiger partial charge in [-0.2, -0.15) is 9.40 Å². The van der Waals surface area contributed by atoms with Crippen molar-refractivity contribution in [3.05, 3.63) is 29.3 Å². The summed E-state index contributed by atoms with van der Waals surface area (Å²) in [7, 11) is -1.96. The number of rotatable bonds is 3. The zero-order valence-corrected chi connectivity index (χ0v) is 13.9. The Labute approximate surface area is 137 Å². The fraction of sp³-hybridized carbons (Fsp3) is 0.417. The van der Waals surface area contributed by atoms with Crippen molar-refractivity contribution in [1.29, 1.82) is 0 Å². The van der Waals surface area contributed by atoms with Crippen LogP contribution in [0.5, 0.6) is 0 Å². The second-order valence-corrected chi connectivity index (χ2v) is 7.43. The van der Waals surface area contributed by atoms with Crippen molar-refractivity contribution in [3.63, 3.8) is 0 Å². The maximum Gasteiger partial charge on any atom is 0.278 e. The zero-order valence-electron chi connectivity index (χ0n) is 12.3. The van der Waals surface area contributed by atoms with Crippen LogP contribution in [-0.2, 0) is 17.1 Å². The molecule has 3 heterocycles. The Balaban J connectivity index is 1.69. The molecule has 0 atom stereocenters. The maximum absolute atomic E-state index is 12.5. The van der Waals surface area contributed by atoms with Gasteiger partial charge in [-0.15, -0.1) is 0 Å². The van der Waals surface area contributed by atoms with Gasteiger partial charge in [-0.25, -0.2) is 18.5 Å². The Hall–Kier alpha value is -1.91. The van der Waals surface area contributed by atoms with Crippen LogP contribution in [-0.4, -0.2) is 69.5 Å². The van der Waals surface area contributed by atoms with Gasteiger partial charge in [-0.3, -0.25) is 4.79 Å². The number of nitrogens with one attached hydrogen (secondary N) is 1. The highest BCUT2D eigenvalue weighted by molar-refractivity contribution is 7.88. The fourth-order valence-corrected chi connectivity index (χ4v) is 3.96. The molecular weight excluding hydrogens is 344 g/mol. The van der Waals surface area contributed by atoms with Crippen LogP contribution in [0.15, 0.2) is 23.7 Å². The number of amides is 1.